The molecule has 0 bridgehead atoms. The van der Waals surface area contributed by atoms with Gasteiger partial charge in [-0.1, -0.05) is 43.7 Å². The molecule has 0 saturated carbocycles. The zero-order valence-electron chi connectivity index (χ0n) is 30.5. The number of ether oxygens (including phenoxy) is 1. The molecule has 2 aromatic heterocycles. The highest BCUT2D eigenvalue weighted by Gasteiger charge is 2.24. The molecule has 1 aromatic carbocycles. The molecule has 0 spiro atoms. The Morgan fingerprint density at radius 3 is 2.27 bits per heavy atom. The van der Waals surface area contributed by atoms with Crippen LogP contribution in [0.5, 0.6) is 0 Å². The number of aryl methyl sites for hydroxylation is 1. The number of benzene rings is 1. The van der Waals surface area contributed by atoms with Crippen molar-refractivity contribution in [3.63, 3.8) is 0 Å². The average molecular weight is 707 g/mol. The van der Waals surface area contributed by atoms with Gasteiger partial charge in [-0.15, -0.1) is 0 Å². The van der Waals surface area contributed by atoms with Gasteiger partial charge in [0, 0.05) is 55.9 Å². The number of allylic oxidation sites excluding steroid dienone is 2. The number of carbonyl (C=O) groups excluding carboxylic acids is 3. The number of H-pyrrole nitrogens is 2. The summed E-state index contributed by atoms with van der Waals surface area (Å²) >= 11 is 0. The summed E-state index contributed by atoms with van der Waals surface area (Å²) in [5.74, 6) is -0.420. The Kier molecular flexibility index (Phi) is 11.6. The van der Waals surface area contributed by atoms with Gasteiger partial charge < -0.3 is 20.0 Å². The van der Waals surface area contributed by atoms with Crippen molar-refractivity contribution in [3.8, 4) is 0 Å². The predicted octanol–water partition coefficient (Wildman–Crippen LogP) is 5.40. The molecular formula is C41H46N4O5S. The standard InChI is InChI=1S/C41H46N4O5S/c1-9-11-30-24(4)34(21-36-29(10-2)27(7)40(47)45-36)43-37(30)22-38-31(16-17-39(46)50-8)25(5)33(42-38)20-35-26(6)32(41(48)44-35)18-19-51(49)28-14-12-23(3)13-15-28/h10,12-15,20-22,42-43H,2,9,11,16-19H2,1,3-8H3,(H,45,47)/b33-20-,36-21-,38-22-. The molecule has 0 radical (unpaired) electrons. The fourth-order valence-corrected chi connectivity index (χ4v) is 7.60. The maximum atomic E-state index is 13.0. The van der Waals surface area contributed by atoms with Crippen LogP contribution in [0.4, 0.5) is 0 Å². The molecule has 0 fully saturated rings. The monoisotopic (exact) mass is 706 g/mol. The molecule has 0 aliphatic carbocycles. The van der Waals surface area contributed by atoms with Crippen molar-refractivity contribution in [3.05, 3.63) is 115 Å². The summed E-state index contributed by atoms with van der Waals surface area (Å²) in [5.41, 5.74) is 11.0. The third-order valence-corrected chi connectivity index (χ3v) is 11.1. The lowest BCUT2D eigenvalue weighted by molar-refractivity contribution is -0.140. The summed E-state index contributed by atoms with van der Waals surface area (Å²) in [5, 5.41) is 4.56. The van der Waals surface area contributed by atoms with Gasteiger partial charge in [-0.3, -0.25) is 18.6 Å². The van der Waals surface area contributed by atoms with E-state index in [1.54, 1.807) is 13.0 Å². The lowest BCUT2D eigenvalue weighted by atomic mass is 10.0. The first-order chi connectivity index (χ1) is 24.4. The van der Waals surface area contributed by atoms with Crippen molar-refractivity contribution >= 4 is 52.5 Å². The number of carbonyl (C=O) groups is 3. The number of hydrogen-bond donors (Lipinski definition) is 3. The Morgan fingerprint density at radius 2 is 1.61 bits per heavy atom. The Hall–Kier alpha value is -5.09. The summed E-state index contributed by atoms with van der Waals surface area (Å²) in [6, 6.07) is 7.60. The number of aromatic nitrogens is 2. The quantitative estimate of drug-likeness (QED) is 0.205. The summed E-state index contributed by atoms with van der Waals surface area (Å²) in [6.07, 6.45) is 10.4. The summed E-state index contributed by atoms with van der Waals surface area (Å²) in [7, 11) is 0.147. The van der Waals surface area contributed by atoms with E-state index in [0.717, 1.165) is 78.8 Å². The molecule has 3 aromatic rings. The predicted molar refractivity (Wildman–Crippen MR) is 204 cm³/mol. The van der Waals surface area contributed by atoms with Crippen LogP contribution in [0.15, 0.2) is 74.8 Å². The third-order valence-electron chi connectivity index (χ3n) is 9.69. The first-order valence-electron chi connectivity index (χ1n) is 17.2. The minimum atomic E-state index is -1.24. The van der Waals surface area contributed by atoms with Crippen LogP contribution < -0.4 is 16.0 Å². The summed E-state index contributed by atoms with van der Waals surface area (Å²) < 4.78 is 17.9. The van der Waals surface area contributed by atoms with Crippen LogP contribution in [0.1, 0.15) is 79.2 Å². The number of hydrogen-bond acceptors (Lipinski definition) is 5. The van der Waals surface area contributed by atoms with Crippen LogP contribution in [0.3, 0.4) is 0 Å². The van der Waals surface area contributed by atoms with Gasteiger partial charge in [-0.25, -0.2) is 4.99 Å². The van der Waals surface area contributed by atoms with Crippen LogP contribution in [0.25, 0.3) is 18.2 Å². The van der Waals surface area contributed by atoms with Crippen molar-refractivity contribution in [1.29, 1.82) is 0 Å². The van der Waals surface area contributed by atoms with Crippen LogP contribution in [0.2, 0.25) is 0 Å². The molecule has 266 valence electrons. The number of aromatic amines is 2. The van der Waals surface area contributed by atoms with E-state index in [9.17, 15) is 18.6 Å². The van der Waals surface area contributed by atoms with Gasteiger partial charge >= 0.3 is 5.97 Å². The molecular weight excluding hydrogens is 661 g/mol. The van der Waals surface area contributed by atoms with E-state index in [4.69, 9.17) is 4.74 Å². The van der Waals surface area contributed by atoms with E-state index in [-0.39, 0.29) is 24.2 Å². The molecule has 9 nitrogen and oxygen atoms in total. The van der Waals surface area contributed by atoms with Crippen LogP contribution in [0, 0.1) is 20.8 Å². The number of nitrogens with one attached hydrogen (secondary N) is 3. The second-order valence-corrected chi connectivity index (χ2v) is 14.6. The summed E-state index contributed by atoms with van der Waals surface area (Å²) in [4.78, 5) is 49.9. The van der Waals surface area contributed by atoms with E-state index in [1.165, 1.54) is 7.11 Å². The number of esters is 1. The average Bonchev–Trinajstić information content (AvgIpc) is 3.75. The van der Waals surface area contributed by atoms with Crippen molar-refractivity contribution in [2.45, 2.75) is 78.5 Å². The first-order valence-corrected chi connectivity index (χ1v) is 18.5. The molecule has 2 amide bonds. The molecule has 2 aliphatic rings. The van der Waals surface area contributed by atoms with Crippen molar-refractivity contribution in [2.75, 3.05) is 12.9 Å². The van der Waals surface area contributed by atoms with Crippen LogP contribution in [-0.2, 0) is 42.8 Å². The van der Waals surface area contributed by atoms with Gasteiger partial charge in [0.2, 0.25) is 0 Å². The number of nitrogens with zero attached hydrogens (tertiary/aromatic N) is 1. The molecule has 1 unspecified atom stereocenters. The van der Waals surface area contributed by atoms with Crippen molar-refractivity contribution in [1.82, 2.24) is 15.3 Å². The topological polar surface area (TPSA) is 133 Å². The Balaban J connectivity index is 1.54. The van der Waals surface area contributed by atoms with E-state index in [2.05, 4.69) is 46.8 Å². The Morgan fingerprint density at radius 1 is 0.882 bits per heavy atom. The molecule has 2 aliphatic heterocycles. The second kappa shape index (κ2) is 15.9. The second-order valence-electron chi connectivity index (χ2n) is 13.0. The van der Waals surface area contributed by atoms with Gasteiger partial charge in [0.15, 0.2) is 0 Å². The molecule has 4 heterocycles. The fraction of sp³-hybridized carbons (Fsp3) is 0.317. The number of aliphatic imine (C=N–C) groups is 1. The van der Waals surface area contributed by atoms with E-state index < -0.39 is 10.8 Å². The van der Waals surface area contributed by atoms with Crippen LogP contribution in [-0.4, -0.2) is 50.5 Å². The van der Waals surface area contributed by atoms with E-state index in [0.29, 0.717) is 41.1 Å². The minimum absolute atomic E-state index is 0.134. The maximum Gasteiger partial charge on any atom is 0.305 e. The minimum Gasteiger partial charge on any atom is -0.469 e. The molecule has 10 heteroatoms. The van der Waals surface area contributed by atoms with E-state index >= 15 is 0 Å². The zero-order valence-corrected chi connectivity index (χ0v) is 31.3. The van der Waals surface area contributed by atoms with E-state index in [1.807, 2.05) is 57.2 Å². The van der Waals surface area contributed by atoms with Gasteiger partial charge in [-0.05, 0) is 112 Å². The van der Waals surface area contributed by atoms with Crippen molar-refractivity contribution < 1.29 is 23.3 Å². The SMILES string of the molecule is C=CC1=C(C)C(=O)N/C1=C\c1[nH]c(/C=c2\[nH]/c(=C\C3=NC(=O)C(CCS(=O)c4ccc(C)cc4)=C3C)c(C)c2CCC(=O)OC)c(CCC)c1C. The highest BCUT2D eigenvalue weighted by atomic mass is 32.2. The number of methoxy groups -OCH3 is 1. The fourth-order valence-electron chi connectivity index (χ4n) is 6.54. The molecule has 3 N–H and O–H groups in total. The van der Waals surface area contributed by atoms with Gasteiger partial charge in [0.05, 0.1) is 29.3 Å². The Labute approximate surface area is 301 Å². The van der Waals surface area contributed by atoms with Gasteiger partial charge in [0.25, 0.3) is 11.8 Å². The third kappa shape index (κ3) is 7.96. The highest BCUT2D eigenvalue weighted by Crippen LogP contribution is 2.28. The number of amides is 2. The zero-order chi connectivity index (χ0) is 37.0. The van der Waals surface area contributed by atoms with Crippen LogP contribution >= 0.6 is 0 Å². The molecule has 51 heavy (non-hydrogen) atoms. The first kappa shape index (κ1) is 37.2. The maximum absolute atomic E-state index is 13.0. The Bertz CT molecular complexity index is 2210. The largest absolute Gasteiger partial charge is 0.469 e. The van der Waals surface area contributed by atoms with Gasteiger partial charge in [0.1, 0.15) is 0 Å². The molecule has 1 atom stereocenters. The summed E-state index contributed by atoms with van der Waals surface area (Å²) in [6.45, 7) is 15.7. The molecule has 5 rings (SSSR count). The number of rotatable bonds is 13. The van der Waals surface area contributed by atoms with Crippen molar-refractivity contribution in [2.24, 2.45) is 4.99 Å². The lowest BCUT2D eigenvalue weighted by Gasteiger charge is -2.04. The molecule has 0 saturated heterocycles. The smallest absolute Gasteiger partial charge is 0.305 e. The normalized spacial score (nSPS) is 16.8. The lowest BCUT2D eigenvalue weighted by Crippen LogP contribution is -2.15. The highest BCUT2D eigenvalue weighted by molar-refractivity contribution is 7.85. The van der Waals surface area contributed by atoms with Gasteiger partial charge in [-0.2, -0.15) is 0 Å².